The molecule has 0 N–H and O–H groups in total. The van der Waals surface area contributed by atoms with Crippen molar-refractivity contribution in [1.29, 1.82) is 0 Å². The Morgan fingerprint density at radius 3 is 2.12 bits per heavy atom. The van der Waals surface area contributed by atoms with Gasteiger partial charge in [0.15, 0.2) is 6.10 Å². The van der Waals surface area contributed by atoms with Crippen molar-refractivity contribution in [3.63, 3.8) is 0 Å². The predicted octanol–water partition coefficient (Wildman–Crippen LogP) is 13.4. The highest BCUT2D eigenvalue weighted by Crippen LogP contribution is 2.67. The summed E-state index contributed by atoms with van der Waals surface area (Å²) < 4.78 is 40.2. The van der Waals surface area contributed by atoms with Crippen LogP contribution in [-0.2, 0) is 42.2 Å². The number of fused-ring (bicyclic) bond motifs is 5. The van der Waals surface area contributed by atoms with Crippen LogP contribution in [0.4, 0.5) is 0 Å². The fourth-order valence-corrected chi connectivity index (χ4v) is 13.5. The third-order valence-corrected chi connectivity index (χ3v) is 17.9. The summed E-state index contributed by atoms with van der Waals surface area (Å²) in [6, 6.07) is 0. The number of rotatable bonds is 34. The van der Waals surface area contributed by atoms with Crippen molar-refractivity contribution in [1.82, 2.24) is 0 Å². The number of phosphoric acid groups is 1. The van der Waals surface area contributed by atoms with Crippen LogP contribution in [0.15, 0.2) is 23.8 Å². The van der Waals surface area contributed by atoms with Crippen LogP contribution < -0.4 is 4.89 Å². The third-order valence-electron chi connectivity index (χ3n) is 16.9. The zero-order valence-electron chi connectivity index (χ0n) is 45.2. The Labute approximate surface area is 420 Å². The number of ether oxygens (including phenoxy) is 3. The summed E-state index contributed by atoms with van der Waals surface area (Å²) in [5, 5.41) is 0. The molecule has 0 aromatic heterocycles. The van der Waals surface area contributed by atoms with E-state index in [0.717, 1.165) is 93.8 Å². The van der Waals surface area contributed by atoms with Gasteiger partial charge in [0, 0.05) is 12.8 Å². The zero-order chi connectivity index (χ0) is 50.5. The number of carbonyl (C=O) groups is 3. The minimum absolute atomic E-state index is 0.0762. The summed E-state index contributed by atoms with van der Waals surface area (Å²) in [5.74, 6) is 2.98. The lowest BCUT2D eigenvalue weighted by molar-refractivity contribution is -0.870. The van der Waals surface area contributed by atoms with Gasteiger partial charge in [-0.2, -0.15) is 0 Å². The number of likely N-dealkylation sites (N-methyl/N-ethyl adjacent to an activating group) is 1. The normalized spacial score (nSPS) is 27.5. The molecule has 0 saturated heterocycles. The molecular weight excluding hydrogens is 890 g/mol. The van der Waals surface area contributed by atoms with Gasteiger partial charge in [0.25, 0.3) is 7.82 Å². The maximum atomic E-state index is 13.1. The lowest BCUT2D eigenvalue weighted by Gasteiger charge is -2.58. The van der Waals surface area contributed by atoms with Gasteiger partial charge in [0.2, 0.25) is 0 Å². The molecule has 10 atom stereocenters. The summed E-state index contributed by atoms with van der Waals surface area (Å²) in [5.41, 5.74) is 2.04. The molecule has 0 bridgehead atoms. The van der Waals surface area contributed by atoms with Crippen molar-refractivity contribution >= 4 is 25.7 Å². The van der Waals surface area contributed by atoms with Crippen molar-refractivity contribution in [3.05, 3.63) is 23.8 Å². The van der Waals surface area contributed by atoms with E-state index >= 15 is 0 Å². The first-order valence-electron chi connectivity index (χ1n) is 28.1. The Hall–Kier alpha value is -2.04. The average molecular weight is 990 g/mol. The monoisotopic (exact) mass is 990 g/mol. The number of allylic oxidation sites excluding steroid dienone is 3. The van der Waals surface area contributed by atoms with E-state index in [4.69, 9.17) is 23.3 Å². The van der Waals surface area contributed by atoms with Crippen molar-refractivity contribution in [2.24, 2.45) is 46.3 Å². The first-order chi connectivity index (χ1) is 32.8. The Morgan fingerprint density at radius 2 is 1.43 bits per heavy atom. The molecule has 3 fully saturated rings. The number of unbranched alkanes of at least 4 members (excludes halogenated alkanes) is 11. The highest BCUT2D eigenvalue weighted by Gasteiger charge is 2.59. The van der Waals surface area contributed by atoms with Crippen LogP contribution in [0.3, 0.4) is 0 Å². The molecular formula is C57H100NO10P. The summed E-state index contributed by atoms with van der Waals surface area (Å²) in [4.78, 5) is 51.5. The third kappa shape index (κ3) is 20.4. The second kappa shape index (κ2) is 29.6. The van der Waals surface area contributed by atoms with Gasteiger partial charge in [0.05, 0.1) is 40.6 Å². The molecule has 4 rings (SSSR count). The number of hydrogen-bond donors (Lipinski definition) is 0. The molecule has 69 heavy (non-hydrogen) atoms. The molecule has 0 spiro atoms. The van der Waals surface area contributed by atoms with Crippen LogP contribution in [0.25, 0.3) is 0 Å². The van der Waals surface area contributed by atoms with Crippen molar-refractivity contribution in [3.8, 4) is 0 Å². The smallest absolute Gasteiger partial charge is 0.306 e. The van der Waals surface area contributed by atoms with Crippen LogP contribution in [0.2, 0.25) is 0 Å². The molecule has 0 heterocycles. The second-order valence-electron chi connectivity index (χ2n) is 23.9. The zero-order valence-corrected chi connectivity index (χ0v) is 46.1. The molecule has 0 radical (unpaired) electrons. The minimum atomic E-state index is -4.72. The molecule has 0 aliphatic heterocycles. The van der Waals surface area contributed by atoms with Gasteiger partial charge in [-0.15, -0.1) is 0 Å². The standard InChI is InChI=1S/C57H100NO10P/c1-10-11-12-13-14-15-16-17-18-19-20-21-22-23-24-28-54(60)68-48(43-66-69(62,63)65-40-39-58(7,8)9)42-64-53(59)33-34-55(61)67-47-35-37-56(5)46(41-47)29-30-49-51-32-31-50(45(4)27-25-26-44(2)3)57(51,6)38-36-52(49)56/h16-17,29,44-45,47-52H,10-15,18-28,30-43H2,1-9H3/b17-16+/t45-,47?,48?,49+,50-,51+,52+,56+,57-/m0/s1. The van der Waals surface area contributed by atoms with E-state index in [9.17, 15) is 23.8 Å². The van der Waals surface area contributed by atoms with Gasteiger partial charge in [-0.25, -0.2) is 0 Å². The Balaban J connectivity index is 1.18. The molecule has 0 aromatic rings. The highest BCUT2D eigenvalue weighted by atomic mass is 31.2. The SMILES string of the molecule is CCCCCCC/C=C/CCCCCCCCC(=O)OC(COC(=O)CCC(=O)OC1CC[C@]2(C)C(=CC[C@@H]3[C@H]4CC[C@@H]([C@@H](C)CCCC(C)C)[C@]4(C)CC[C@H]32)C1)COP(=O)([O-])OCC[N+](C)(C)C. The Bertz CT molecular complexity index is 1660. The van der Waals surface area contributed by atoms with E-state index in [1.165, 1.54) is 89.0 Å². The fraction of sp³-hybridized carbons (Fsp3) is 0.877. The van der Waals surface area contributed by atoms with Crippen molar-refractivity contribution < 1.29 is 51.6 Å². The molecule has 4 aliphatic carbocycles. The van der Waals surface area contributed by atoms with Gasteiger partial charge in [0.1, 0.15) is 25.9 Å². The number of carbonyl (C=O) groups excluding carboxylic acids is 3. The molecule has 0 amide bonds. The largest absolute Gasteiger partial charge is 0.756 e. The molecule has 11 nitrogen and oxygen atoms in total. The number of phosphoric ester groups is 1. The Morgan fingerprint density at radius 1 is 0.768 bits per heavy atom. The predicted molar refractivity (Wildman–Crippen MR) is 275 cm³/mol. The van der Waals surface area contributed by atoms with Gasteiger partial charge in [-0.1, -0.05) is 136 Å². The first-order valence-corrected chi connectivity index (χ1v) is 29.5. The second-order valence-corrected chi connectivity index (χ2v) is 25.3. The van der Waals surface area contributed by atoms with Gasteiger partial charge < -0.3 is 32.6 Å². The number of quaternary nitrogens is 1. The van der Waals surface area contributed by atoms with E-state index < -0.39 is 45.0 Å². The van der Waals surface area contributed by atoms with Crippen LogP contribution in [-0.4, -0.2) is 82.1 Å². The van der Waals surface area contributed by atoms with Crippen LogP contribution >= 0.6 is 7.82 Å². The molecule has 398 valence electrons. The quantitative estimate of drug-likeness (QED) is 0.0153. The number of nitrogens with zero attached hydrogens (tertiary/aromatic N) is 1. The Kier molecular flexibility index (Phi) is 25.5. The van der Waals surface area contributed by atoms with E-state index in [2.05, 4.69) is 59.8 Å². The molecule has 0 aromatic carbocycles. The van der Waals surface area contributed by atoms with E-state index in [0.29, 0.717) is 28.8 Å². The van der Waals surface area contributed by atoms with E-state index in [1.54, 1.807) is 0 Å². The summed E-state index contributed by atoms with van der Waals surface area (Å²) in [6.45, 7) is 14.0. The molecule has 3 saturated carbocycles. The molecule has 3 unspecified atom stereocenters. The van der Waals surface area contributed by atoms with Crippen molar-refractivity contribution in [2.45, 2.75) is 227 Å². The van der Waals surface area contributed by atoms with Gasteiger partial charge in [-0.05, 0) is 123 Å². The first kappa shape index (κ1) is 59.5. The summed E-state index contributed by atoms with van der Waals surface area (Å²) in [7, 11) is 1.02. The van der Waals surface area contributed by atoms with E-state index in [1.807, 2.05) is 21.1 Å². The van der Waals surface area contributed by atoms with Crippen LogP contribution in [0, 0.1) is 46.3 Å². The molecule has 4 aliphatic rings. The van der Waals surface area contributed by atoms with Gasteiger partial charge in [-0.3, -0.25) is 18.9 Å². The minimum Gasteiger partial charge on any atom is -0.756 e. The summed E-state index contributed by atoms with van der Waals surface area (Å²) in [6.07, 6.45) is 33.4. The van der Waals surface area contributed by atoms with Crippen LogP contribution in [0.5, 0.6) is 0 Å². The maximum Gasteiger partial charge on any atom is 0.306 e. The topological polar surface area (TPSA) is 137 Å². The maximum absolute atomic E-state index is 13.1. The van der Waals surface area contributed by atoms with E-state index in [-0.39, 0.29) is 37.4 Å². The van der Waals surface area contributed by atoms with Gasteiger partial charge >= 0.3 is 17.9 Å². The fourth-order valence-electron chi connectivity index (χ4n) is 12.8. The number of esters is 3. The average Bonchev–Trinajstić information content (AvgIpc) is 3.64. The van der Waals surface area contributed by atoms with Crippen molar-refractivity contribution in [2.75, 3.05) is 47.5 Å². The lowest BCUT2D eigenvalue weighted by Crippen LogP contribution is -2.51. The lowest BCUT2D eigenvalue weighted by atomic mass is 9.47. The molecule has 12 heteroatoms. The summed E-state index contributed by atoms with van der Waals surface area (Å²) >= 11 is 0. The highest BCUT2D eigenvalue weighted by molar-refractivity contribution is 7.45. The van der Waals surface area contributed by atoms with Crippen LogP contribution in [0.1, 0.15) is 215 Å². The number of hydrogen-bond acceptors (Lipinski definition) is 10.